The lowest BCUT2D eigenvalue weighted by Crippen LogP contribution is -2.36. The first kappa shape index (κ1) is 20.6. The number of nitrogen functional groups attached to an aromatic ring is 1. The number of hydrogen-bond donors (Lipinski definition) is 2. The van der Waals surface area contributed by atoms with E-state index in [0.717, 1.165) is 57.7 Å². The van der Waals surface area contributed by atoms with Gasteiger partial charge in [0.1, 0.15) is 5.52 Å². The number of imidazole rings is 1. The first-order chi connectivity index (χ1) is 14.4. The van der Waals surface area contributed by atoms with Crippen LogP contribution in [-0.4, -0.2) is 33.4 Å². The van der Waals surface area contributed by atoms with Crippen LogP contribution in [0.4, 0.5) is 5.82 Å². The minimum absolute atomic E-state index is 0.0916. The fraction of sp³-hybridized carbons (Fsp3) is 0.364. The van der Waals surface area contributed by atoms with Crippen LogP contribution in [0.25, 0.3) is 17.1 Å². The third-order valence-electron chi connectivity index (χ3n) is 4.80. The van der Waals surface area contributed by atoms with E-state index in [1.165, 1.54) is 0 Å². The Labute approximate surface area is 180 Å². The number of anilines is 1. The normalized spacial score (nSPS) is 13.2. The van der Waals surface area contributed by atoms with Gasteiger partial charge in [0.05, 0.1) is 5.52 Å². The molecule has 0 unspecified atom stereocenters. The van der Waals surface area contributed by atoms with E-state index >= 15 is 0 Å². The zero-order valence-corrected chi connectivity index (χ0v) is 18.4. The fourth-order valence-corrected chi connectivity index (χ4v) is 4.39. The van der Waals surface area contributed by atoms with Gasteiger partial charge in [0, 0.05) is 23.2 Å². The molecule has 3 aromatic rings. The molecule has 0 fully saturated rings. The summed E-state index contributed by atoms with van der Waals surface area (Å²) in [7, 11) is 0. The lowest BCUT2D eigenvalue weighted by atomic mass is 10.1. The summed E-state index contributed by atoms with van der Waals surface area (Å²) < 4.78 is 13.3. The number of aryl methyl sites for hydroxylation is 1. The molecule has 8 heteroatoms. The van der Waals surface area contributed by atoms with Crippen molar-refractivity contribution in [2.24, 2.45) is 0 Å². The van der Waals surface area contributed by atoms with E-state index in [9.17, 15) is 0 Å². The Kier molecular flexibility index (Phi) is 5.62. The molecule has 1 aliphatic rings. The number of pyridine rings is 1. The van der Waals surface area contributed by atoms with Crippen LogP contribution in [0.3, 0.4) is 0 Å². The molecule has 0 saturated carbocycles. The number of nitrogens with two attached hydrogens (primary N) is 1. The van der Waals surface area contributed by atoms with Crippen LogP contribution in [0.2, 0.25) is 0 Å². The summed E-state index contributed by atoms with van der Waals surface area (Å²) in [6.07, 6.45) is 4.52. The van der Waals surface area contributed by atoms with Crippen LogP contribution in [0.1, 0.15) is 32.8 Å². The molecule has 158 valence electrons. The van der Waals surface area contributed by atoms with Crippen molar-refractivity contribution in [1.29, 1.82) is 0 Å². The van der Waals surface area contributed by atoms with Crippen molar-refractivity contribution in [2.75, 3.05) is 19.1 Å². The Bertz CT molecular complexity index is 1090. The number of nitrogens with zero attached hydrogens (tertiary/aromatic N) is 3. The average molecular weight is 426 g/mol. The smallest absolute Gasteiger partial charge is 0.231 e. The predicted molar refractivity (Wildman–Crippen MR) is 121 cm³/mol. The molecule has 3 heterocycles. The second-order valence-corrected chi connectivity index (χ2v) is 9.20. The highest BCUT2D eigenvalue weighted by molar-refractivity contribution is 7.99. The highest BCUT2D eigenvalue weighted by atomic mass is 32.2. The minimum Gasteiger partial charge on any atom is -0.454 e. The number of rotatable bonds is 7. The highest BCUT2D eigenvalue weighted by Gasteiger charge is 2.20. The molecule has 0 aliphatic carbocycles. The van der Waals surface area contributed by atoms with Gasteiger partial charge in [0.15, 0.2) is 22.5 Å². The number of benzene rings is 1. The van der Waals surface area contributed by atoms with Gasteiger partial charge in [-0.05, 0) is 57.5 Å². The second kappa shape index (κ2) is 8.20. The molecule has 0 spiro atoms. The topological polar surface area (TPSA) is 87.2 Å². The van der Waals surface area contributed by atoms with E-state index in [2.05, 4.69) is 42.2 Å². The summed E-state index contributed by atoms with van der Waals surface area (Å²) in [6.45, 7) is 12.4. The van der Waals surface area contributed by atoms with Gasteiger partial charge in [-0.25, -0.2) is 9.97 Å². The minimum atomic E-state index is 0.0916. The Morgan fingerprint density at radius 1 is 1.30 bits per heavy atom. The maximum Gasteiger partial charge on any atom is 0.231 e. The molecule has 0 saturated heterocycles. The number of aromatic nitrogens is 3. The molecule has 0 amide bonds. The lowest BCUT2D eigenvalue weighted by Gasteiger charge is -2.20. The van der Waals surface area contributed by atoms with Crippen molar-refractivity contribution in [3.05, 3.63) is 36.5 Å². The summed E-state index contributed by atoms with van der Waals surface area (Å²) in [4.78, 5) is 10.0. The molecule has 2 aromatic heterocycles. The summed E-state index contributed by atoms with van der Waals surface area (Å²) in [5.41, 5.74) is 8.89. The number of ether oxygens (including phenoxy) is 2. The van der Waals surface area contributed by atoms with E-state index in [1.807, 2.05) is 24.3 Å². The van der Waals surface area contributed by atoms with Gasteiger partial charge >= 0.3 is 0 Å². The second-order valence-electron chi connectivity index (χ2n) is 8.19. The van der Waals surface area contributed by atoms with Crippen molar-refractivity contribution in [3.63, 3.8) is 0 Å². The van der Waals surface area contributed by atoms with E-state index in [-0.39, 0.29) is 12.3 Å². The Balaban J connectivity index is 1.67. The molecule has 0 radical (unpaired) electrons. The summed E-state index contributed by atoms with van der Waals surface area (Å²) in [6, 6.07) is 5.90. The van der Waals surface area contributed by atoms with Crippen LogP contribution in [-0.2, 0) is 6.54 Å². The number of fused-ring (bicyclic) bond motifs is 2. The first-order valence-corrected chi connectivity index (χ1v) is 10.8. The Hall–Kier alpha value is -2.71. The molecule has 3 N–H and O–H groups in total. The van der Waals surface area contributed by atoms with Gasteiger partial charge in [-0.15, -0.1) is 0 Å². The molecule has 0 bridgehead atoms. The predicted octanol–water partition coefficient (Wildman–Crippen LogP) is 4.31. The van der Waals surface area contributed by atoms with Crippen LogP contribution >= 0.6 is 11.8 Å². The molecule has 7 nitrogen and oxygen atoms in total. The Morgan fingerprint density at radius 2 is 2.07 bits per heavy atom. The molecule has 4 rings (SSSR count). The largest absolute Gasteiger partial charge is 0.454 e. The molecular weight excluding hydrogens is 398 g/mol. The zero-order valence-electron chi connectivity index (χ0n) is 17.6. The maximum absolute atomic E-state index is 6.11. The summed E-state index contributed by atoms with van der Waals surface area (Å²) in [5.74, 6) is 1.92. The van der Waals surface area contributed by atoms with Gasteiger partial charge in [-0.1, -0.05) is 24.4 Å². The quantitative estimate of drug-likeness (QED) is 0.545. The van der Waals surface area contributed by atoms with Gasteiger partial charge < -0.3 is 25.1 Å². The van der Waals surface area contributed by atoms with Gasteiger partial charge in [-0.3, -0.25) is 0 Å². The number of hydrogen-bond acceptors (Lipinski definition) is 7. The van der Waals surface area contributed by atoms with Crippen LogP contribution in [0, 0.1) is 0 Å². The average Bonchev–Trinajstić information content (AvgIpc) is 3.29. The van der Waals surface area contributed by atoms with Crippen molar-refractivity contribution < 1.29 is 9.47 Å². The fourth-order valence-electron chi connectivity index (χ4n) is 3.33. The van der Waals surface area contributed by atoms with Crippen LogP contribution < -0.4 is 20.5 Å². The van der Waals surface area contributed by atoms with Crippen molar-refractivity contribution in [2.45, 2.75) is 49.3 Å². The van der Waals surface area contributed by atoms with E-state index in [0.29, 0.717) is 5.82 Å². The SMILES string of the molecule is C=Cc1cc2c(cc1Sc1nc3c(N)nccc3n1CCCNC(C)(C)C)OCO2. The Morgan fingerprint density at radius 3 is 2.80 bits per heavy atom. The summed E-state index contributed by atoms with van der Waals surface area (Å²) in [5, 5.41) is 4.40. The van der Waals surface area contributed by atoms with Crippen molar-refractivity contribution in [3.8, 4) is 11.5 Å². The molecule has 1 aromatic carbocycles. The molecule has 1 aliphatic heterocycles. The van der Waals surface area contributed by atoms with Crippen LogP contribution in [0.15, 0.2) is 41.0 Å². The third-order valence-corrected chi connectivity index (χ3v) is 5.87. The van der Waals surface area contributed by atoms with Crippen LogP contribution in [0.5, 0.6) is 11.5 Å². The van der Waals surface area contributed by atoms with Gasteiger partial charge in [0.25, 0.3) is 0 Å². The first-order valence-electron chi connectivity index (χ1n) is 9.95. The third kappa shape index (κ3) is 4.24. The molecular formula is C22H27N5O2S. The van der Waals surface area contributed by atoms with E-state index < -0.39 is 0 Å². The van der Waals surface area contributed by atoms with Gasteiger partial charge in [-0.2, -0.15) is 0 Å². The monoisotopic (exact) mass is 425 g/mol. The lowest BCUT2D eigenvalue weighted by molar-refractivity contribution is 0.174. The molecule has 30 heavy (non-hydrogen) atoms. The van der Waals surface area contributed by atoms with Crippen molar-refractivity contribution in [1.82, 2.24) is 19.9 Å². The standard InChI is InChI=1S/C22H27N5O2S/c1-5-14-11-16-17(29-13-28-16)12-18(14)30-21-26-19-15(7-9-24-20(19)23)27(21)10-6-8-25-22(2,3)4/h5,7,9,11-12,25H,1,6,8,10,13H2,2-4H3,(H2,23,24). The maximum atomic E-state index is 6.11. The molecule has 0 atom stereocenters. The zero-order chi connectivity index (χ0) is 21.3. The van der Waals surface area contributed by atoms with Gasteiger partial charge in [0.2, 0.25) is 6.79 Å². The van der Waals surface area contributed by atoms with E-state index in [4.69, 9.17) is 20.2 Å². The van der Waals surface area contributed by atoms with E-state index in [1.54, 1.807) is 18.0 Å². The van der Waals surface area contributed by atoms with Crippen molar-refractivity contribution >= 4 is 34.7 Å². The number of nitrogens with one attached hydrogen (secondary N) is 1. The highest BCUT2D eigenvalue weighted by Crippen LogP contribution is 2.41. The summed E-state index contributed by atoms with van der Waals surface area (Å²) >= 11 is 1.57.